The SMILES string of the molecule is CCOC(=O)c1cc(C(=O)N[C@@H]2CCCN(C(C)C)C2)cc(C(=O)OCC)c1. The molecule has 0 spiro atoms. The normalized spacial score (nSPS) is 17.2. The van der Waals surface area contributed by atoms with Crippen LogP contribution in [-0.4, -0.2) is 61.1 Å². The minimum absolute atomic E-state index is 0.0287. The molecule has 1 saturated heterocycles. The van der Waals surface area contributed by atoms with Crippen molar-refractivity contribution >= 4 is 17.8 Å². The first-order valence-corrected chi connectivity index (χ1v) is 9.89. The zero-order valence-electron chi connectivity index (χ0n) is 17.1. The fourth-order valence-corrected chi connectivity index (χ4v) is 3.29. The molecule has 0 bridgehead atoms. The van der Waals surface area contributed by atoms with E-state index < -0.39 is 11.9 Å². The number of rotatable bonds is 7. The molecule has 1 heterocycles. The zero-order chi connectivity index (χ0) is 20.7. The number of nitrogens with zero attached hydrogens (tertiary/aromatic N) is 1. The van der Waals surface area contributed by atoms with Gasteiger partial charge in [0.1, 0.15) is 0 Å². The van der Waals surface area contributed by atoms with Crippen molar-refractivity contribution in [2.45, 2.75) is 52.6 Å². The van der Waals surface area contributed by atoms with Gasteiger partial charge >= 0.3 is 11.9 Å². The summed E-state index contributed by atoms with van der Waals surface area (Å²) in [6, 6.07) is 4.76. The van der Waals surface area contributed by atoms with Crippen LogP contribution >= 0.6 is 0 Å². The zero-order valence-corrected chi connectivity index (χ0v) is 17.1. The van der Waals surface area contributed by atoms with Crippen molar-refractivity contribution in [2.75, 3.05) is 26.3 Å². The van der Waals surface area contributed by atoms with Crippen LogP contribution in [0, 0.1) is 0 Å². The average molecular weight is 390 g/mol. The van der Waals surface area contributed by atoms with Crippen molar-refractivity contribution in [3.05, 3.63) is 34.9 Å². The van der Waals surface area contributed by atoms with Crippen LogP contribution in [0.15, 0.2) is 18.2 Å². The van der Waals surface area contributed by atoms with E-state index in [0.29, 0.717) is 6.04 Å². The standard InChI is InChI=1S/C21H30N2O5/c1-5-27-20(25)16-10-15(11-17(12-16)21(26)28-6-2)19(24)22-18-8-7-9-23(13-18)14(3)4/h10-12,14,18H,5-9,13H2,1-4H3,(H,22,24)/t18-/m1/s1. The summed E-state index contributed by atoms with van der Waals surface area (Å²) in [7, 11) is 0. The fraction of sp³-hybridized carbons (Fsp3) is 0.571. The summed E-state index contributed by atoms with van der Waals surface area (Å²) in [4.78, 5) is 39.4. The number of likely N-dealkylation sites (tertiary alicyclic amines) is 1. The first-order chi connectivity index (χ1) is 13.3. The van der Waals surface area contributed by atoms with Gasteiger partial charge in [0.2, 0.25) is 0 Å². The Morgan fingerprint density at radius 1 is 1.04 bits per heavy atom. The second-order valence-electron chi connectivity index (χ2n) is 7.14. The van der Waals surface area contributed by atoms with E-state index in [1.165, 1.54) is 18.2 Å². The smallest absolute Gasteiger partial charge is 0.338 e. The highest BCUT2D eigenvalue weighted by Crippen LogP contribution is 2.16. The Morgan fingerprint density at radius 2 is 1.57 bits per heavy atom. The quantitative estimate of drug-likeness (QED) is 0.721. The van der Waals surface area contributed by atoms with E-state index in [1.807, 2.05) is 0 Å². The molecular formula is C21H30N2O5. The van der Waals surface area contributed by atoms with Crippen molar-refractivity contribution < 1.29 is 23.9 Å². The van der Waals surface area contributed by atoms with Crippen LogP contribution in [0.3, 0.4) is 0 Å². The Bertz CT molecular complexity index is 680. The molecule has 154 valence electrons. The van der Waals surface area contributed by atoms with Crippen molar-refractivity contribution in [1.29, 1.82) is 0 Å². The number of amides is 1. The minimum Gasteiger partial charge on any atom is -0.462 e. The summed E-state index contributed by atoms with van der Waals surface area (Å²) in [5, 5.41) is 3.03. The van der Waals surface area contributed by atoms with E-state index in [0.717, 1.165) is 25.9 Å². The number of nitrogens with one attached hydrogen (secondary N) is 1. The third-order valence-electron chi connectivity index (χ3n) is 4.74. The number of hydrogen-bond acceptors (Lipinski definition) is 6. The lowest BCUT2D eigenvalue weighted by Crippen LogP contribution is -2.49. The second-order valence-corrected chi connectivity index (χ2v) is 7.14. The van der Waals surface area contributed by atoms with Crippen LogP contribution in [0.25, 0.3) is 0 Å². The lowest BCUT2D eigenvalue weighted by molar-refractivity contribution is 0.0525. The molecule has 7 heteroatoms. The number of carbonyl (C=O) groups excluding carboxylic acids is 3. The van der Waals surface area contributed by atoms with Gasteiger partial charge in [-0.05, 0) is 65.3 Å². The molecule has 1 aromatic carbocycles. The summed E-state index contributed by atoms with van der Waals surface area (Å²) < 4.78 is 10.0. The van der Waals surface area contributed by atoms with Crippen LogP contribution in [0.5, 0.6) is 0 Å². The van der Waals surface area contributed by atoms with Crippen molar-refractivity contribution in [1.82, 2.24) is 10.2 Å². The highest BCUT2D eigenvalue weighted by molar-refractivity contribution is 6.02. The Labute approximate surface area is 166 Å². The van der Waals surface area contributed by atoms with Crippen LogP contribution in [0.4, 0.5) is 0 Å². The molecular weight excluding hydrogens is 360 g/mol. The maximum absolute atomic E-state index is 12.8. The number of ether oxygens (including phenoxy) is 2. The predicted octanol–water partition coefficient (Wildman–Crippen LogP) is 2.64. The van der Waals surface area contributed by atoms with Crippen LogP contribution < -0.4 is 5.32 Å². The first-order valence-electron chi connectivity index (χ1n) is 9.89. The van der Waals surface area contributed by atoms with Crippen LogP contribution in [0.1, 0.15) is 71.6 Å². The summed E-state index contributed by atoms with van der Waals surface area (Å²) in [6.45, 7) is 9.89. The van der Waals surface area contributed by atoms with E-state index in [9.17, 15) is 14.4 Å². The van der Waals surface area contributed by atoms with Gasteiger partial charge in [-0.25, -0.2) is 9.59 Å². The monoisotopic (exact) mass is 390 g/mol. The second kappa shape index (κ2) is 10.2. The van der Waals surface area contributed by atoms with Gasteiger partial charge in [-0.15, -0.1) is 0 Å². The van der Waals surface area contributed by atoms with E-state index in [-0.39, 0.29) is 41.9 Å². The predicted molar refractivity (Wildman–Crippen MR) is 106 cm³/mol. The molecule has 1 aliphatic heterocycles. The Kier molecular flexibility index (Phi) is 7.99. The molecule has 0 radical (unpaired) electrons. The van der Waals surface area contributed by atoms with Crippen LogP contribution in [0.2, 0.25) is 0 Å². The molecule has 1 atom stereocenters. The Morgan fingerprint density at radius 3 is 2.07 bits per heavy atom. The maximum Gasteiger partial charge on any atom is 0.338 e. The number of hydrogen-bond donors (Lipinski definition) is 1. The number of benzene rings is 1. The summed E-state index contributed by atoms with van der Waals surface area (Å²) in [5.74, 6) is -1.47. The van der Waals surface area contributed by atoms with Gasteiger partial charge in [0.15, 0.2) is 0 Å². The third kappa shape index (κ3) is 5.79. The summed E-state index contributed by atoms with van der Waals surface area (Å²) in [6.07, 6.45) is 1.91. The molecule has 0 aromatic heterocycles. The highest BCUT2D eigenvalue weighted by Gasteiger charge is 2.24. The molecule has 1 amide bonds. The molecule has 1 aliphatic rings. The molecule has 7 nitrogen and oxygen atoms in total. The maximum atomic E-state index is 12.8. The topological polar surface area (TPSA) is 84.9 Å². The largest absolute Gasteiger partial charge is 0.462 e. The molecule has 0 aliphatic carbocycles. The fourth-order valence-electron chi connectivity index (χ4n) is 3.29. The van der Waals surface area contributed by atoms with Gasteiger partial charge in [-0.2, -0.15) is 0 Å². The van der Waals surface area contributed by atoms with Crippen molar-refractivity contribution in [2.24, 2.45) is 0 Å². The van der Waals surface area contributed by atoms with E-state index in [4.69, 9.17) is 9.47 Å². The Balaban J connectivity index is 2.23. The van der Waals surface area contributed by atoms with Gasteiger partial charge in [-0.1, -0.05) is 0 Å². The number of piperidine rings is 1. The minimum atomic E-state index is -0.577. The lowest BCUT2D eigenvalue weighted by Gasteiger charge is -2.35. The van der Waals surface area contributed by atoms with Crippen molar-refractivity contribution in [3.63, 3.8) is 0 Å². The summed E-state index contributed by atoms with van der Waals surface area (Å²) in [5.41, 5.74) is 0.560. The van der Waals surface area contributed by atoms with Gasteiger partial charge in [-0.3, -0.25) is 9.69 Å². The first kappa shape index (κ1) is 21.9. The third-order valence-corrected chi connectivity index (χ3v) is 4.74. The van der Waals surface area contributed by atoms with Crippen LogP contribution in [-0.2, 0) is 9.47 Å². The molecule has 2 rings (SSSR count). The average Bonchev–Trinajstić information content (AvgIpc) is 2.68. The molecule has 0 saturated carbocycles. The molecule has 0 unspecified atom stereocenters. The Hall–Kier alpha value is -2.41. The lowest BCUT2D eigenvalue weighted by atomic mass is 10.0. The van der Waals surface area contributed by atoms with Gasteiger partial charge < -0.3 is 14.8 Å². The van der Waals surface area contributed by atoms with Gasteiger partial charge in [0, 0.05) is 24.2 Å². The number of carbonyl (C=O) groups is 3. The highest BCUT2D eigenvalue weighted by atomic mass is 16.5. The molecule has 1 fully saturated rings. The van der Waals surface area contributed by atoms with E-state index in [2.05, 4.69) is 24.1 Å². The molecule has 1 N–H and O–H groups in total. The molecule has 1 aromatic rings. The van der Waals surface area contributed by atoms with Gasteiger partial charge in [0.05, 0.1) is 24.3 Å². The number of esters is 2. The van der Waals surface area contributed by atoms with E-state index >= 15 is 0 Å². The molecule has 28 heavy (non-hydrogen) atoms. The van der Waals surface area contributed by atoms with Crippen molar-refractivity contribution in [3.8, 4) is 0 Å². The van der Waals surface area contributed by atoms with E-state index in [1.54, 1.807) is 13.8 Å². The van der Waals surface area contributed by atoms with Gasteiger partial charge in [0.25, 0.3) is 5.91 Å². The summed E-state index contributed by atoms with van der Waals surface area (Å²) >= 11 is 0.